The van der Waals surface area contributed by atoms with Crippen molar-refractivity contribution < 1.29 is 34.5 Å². The number of amides is 3. The lowest BCUT2D eigenvalue weighted by Gasteiger charge is -2.28. The first-order valence-corrected chi connectivity index (χ1v) is 6.74. The number of imide groups is 1. The molecule has 3 atom stereocenters. The minimum Gasteiger partial charge on any atom is -0.394 e. The monoisotopic (exact) mass is 336 g/mol. The van der Waals surface area contributed by atoms with Gasteiger partial charge in [0.05, 0.1) is 25.6 Å². The zero-order chi connectivity index (χ0) is 17.3. The summed E-state index contributed by atoms with van der Waals surface area (Å²) in [4.78, 5) is 46.5. The highest BCUT2D eigenvalue weighted by Gasteiger charge is 2.35. The molecule has 0 rings (SSSR count). The highest BCUT2D eigenvalue weighted by atomic mass is 32.1. The van der Waals surface area contributed by atoms with E-state index in [0.717, 1.165) is 0 Å². The van der Waals surface area contributed by atoms with Crippen molar-refractivity contribution in [1.82, 2.24) is 10.2 Å². The second kappa shape index (κ2) is 10.2. The maximum absolute atomic E-state index is 12.2. The molecule has 3 amide bonds. The van der Waals surface area contributed by atoms with Crippen LogP contribution in [0.3, 0.4) is 0 Å². The Morgan fingerprint density at radius 3 is 2.14 bits per heavy atom. The van der Waals surface area contributed by atoms with Crippen molar-refractivity contribution >= 4 is 36.6 Å². The summed E-state index contributed by atoms with van der Waals surface area (Å²) < 4.78 is 0. The fourth-order valence-electron chi connectivity index (χ4n) is 1.41. The third kappa shape index (κ3) is 5.35. The van der Waals surface area contributed by atoms with Crippen LogP contribution in [0.2, 0.25) is 0 Å². The summed E-state index contributed by atoms with van der Waals surface area (Å²) in [6, 6.07) is -4.51. The summed E-state index contributed by atoms with van der Waals surface area (Å²) in [5.74, 6) is -3.45. The van der Waals surface area contributed by atoms with Gasteiger partial charge in [-0.3, -0.25) is 24.1 Å². The third-order valence-electron chi connectivity index (χ3n) is 2.59. The standard InChI is InChI=1S/C11H18N3O7S/c12-7(3-17)10(20)13-8(4-18)11(21)14(9(19)5-22)6(1-15)2-16/h6-8,15,17-18,22H,1,3-5,12H2,(H,13,20)/t6-,7-,8-/m0/s1. The number of nitrogens with two attached hydrogens (primary N) is 1. The first-order chi connectivity index (χ1) is 10.4. The molecule has 1 radical (unpaired) electrons. The summed E-state index contributed by atoms with van der Waals surface area (Å²) in [5, 5.41) is 29.0. The molecular formula is C11H18N3O7S. The van der Waals surface area contributed by atoms with E-state index in [4.69, 9.17) is 15.9 Å². The molecule has 0 bridgehead atoms. The summed E-state index contributed by atoms with van der Waals surface area (Å²) in [7, 11) is 0. The summed E-state index contributed by atoms with van der Waals surface area (Å²) in [6.45, 7) is -2.47. The predicted molar refractivity (Wildman–Crippen MR) is 76.4 cm³/mol. The molecule has 0 heterocycles. The van der Waals surface area contributed by atoms with Crippen molar-refractivity contribution in [3.05, 3.63) is 0 Å². The fourth-order valence-corrected chi connectivity index (χ4v) is 1.57. The van der Waals surface area contributed by atoms with Crippen LogP contribution in [0.4, 0.5) is 0 Å². The maximum Gasteiger partial charge on any atom is 0.254 e. The molecule has 11 heteroatoms. The van der Waals surface area contributed by atoms with E-state index in [1.807, 2.05) is 5.32 Å². The quantitative estimate of drug-likeness (QED) is 0.229. The van der Waals surface area contributed by atoms with E-state index in [2.05, 4.69) is 12.6 Å². The molecule has 6 N–H and O–H groups in total. The zero-order valence-corrected chi connectivity index (χ0v) is 12.4. The minimum atomic E-state index is -1.59. The molecule has 0 aromatic rings. The first kappa shape index (κ1) is 20.5. The van der Waals surface area contributed by atoms with E-state index < -0.39 is 61.4 Å². The number of carbonyl (C=O) groups excluding carboxylic acids is 4. The molecule has 0 spiro atoms. The molecule has 10 nitrogen and oxygen atoms in total. The van der Waals surface area contributed by atoms with Crippen molar-refractivity contribution in [1.29, 1.82) is 0 Å². The lowest BCUT2D eigenvalue weighted by Crippen LogP contribution is -2.59. The van der Waals surface area contributed by atoms with Crippen LogP contribution in [0.1, 0.15) is 0 Å². The van der Waals surface area contributed by atoms with Gasteiger partial charge in [-0.25, -0.2) is 0 Å². The van der Waals surface area contributed by atoms with E-state index in [1.165, 1.54) is 6.29 Å². The number of carbonyl (C=O) groups is 3. The molecule has 125 valence electrons. The largest absolute Gasteiger partial charge is 0.394 e. The van der Waals surface area contributed by atoms with Crippen LogP contribution in [0.15, 0.2) is 0 Å². The molecule has 0 aromatic heterocycles. The highest BCUT2D eigenvalue weighted by molar-refractivity contribution is 7.81. The number of aliphatic hydroxyl groups is 3. The van der Waals surface area contributed by atoms with Gasteiger partial charge in [0.1, 0.15) is 18.1 Å². The molecule has 22 heavy (non-hydrogen) atoms. The molecule has 0 fully saturated rings. The zero-order valence-electron chi connectivity index (χ0n) is 11.5. The molecular weight excluding hydrogens is 318 g/mol. The Morgan fingerprint density at radius 1 is 1.18 bits per heavy atom. The van der Waals surface area contributed by atoms with Gasteiger partial charge in [-0.2, -0.15) is 12.6 Å². The number of nitrogens with one attached hydrogen (secondary N) is 1. The van der Waals surface area contributed by atoms with Crippen molar-refractivity contribution in [3.8, 4) is 0 Å². The number of thiol groups is 1. The highest BCUT2D eigenvalue weighted by Crippen LogP contribution is 2.04. The lowest BCUT2D eigenvalue weighted by molar-refractivity contribution is -0.149. The maximum atomic E-state index is 12.2. The molecule has 0 unspecified atom stereocenters. The number of hydrogen-bond acceptors (Lipinski definition) is 9. The van der Waals surface area contributed by atoms with Gasteiger partial charge in [-0.1, -0.05) is 0 Å². The smallest absolute Gasteiger partial charge is 0.254 e. The molecule has 0 aliphatic carbocycles. The lowest BCUT2D eigenvalue weighted by atomic mass is 10.2. The molecule has 0 saturated heterocycles. The van der Waals surface area contributed by atoms with Crippen LogP contribution in [0, 0.1) is 0 Å². The summed E-state index contributed by atoms with van der Waals surface area (Å²) in [5.41, 5.74) is 5.24. The van der Waals surface area contributed by atoms with Crippen LogP contribution in [0.5, 0.6) is 0 Å². The molecule has 0 saturated carbocycles. The van der Waals surface area contributed by atoms with E-state index in [9.17, 15) is 24.3 Å². The van der Waals surface area contributed by atoms with Gasteiger partial charge in [0, 0.05) is 0 Å². The number of nitrogens with zero attached hydrogens (tertiary/aromatic N) is 1. The van der Waals surface area contributed by atoms with E-state index in [0.29, 0.717) is 4.90 Å². The van der Waals surface area contributed by atoms with E-state index in [-0.39, 0.29) is 0 Å². The Hall–Kier alpha value is -1.53. The Kier molecular flexibility index (Phi) is 9.53. The second-order valence-electron chi connectivity index (χ2n) is 4.11. The minimum absolute atomic E-state index is 0.353. The average Bonchev–Trinajstić information content (AvgIpc) is 2.54. The fraction of sp³-hybridized carbons (Fsp3) is 0.636. The Labute approximate surface area is 131 Å². The van der Waals surface area contributed by atoms with Crippen LogP contribution in [-0.4, -0.2) is 87.9 Å². The van der Waals surface area contributed by atoms with Crippen LogP contribution < -0.4 is 11.1 Å². The molecule has 0 aliphatic heterocycles. The Bertz CT molecular complexity index is 420. The van der Waals surface area contributed by atoms with Gasteiger partial charge in [-0.05, 0) is 0 Å². The van der Waals surface area contributed by atoms with Crippen LogP contribution >= 0.6 is 12.6 Å². The van der Waals surface area contributed by atoms with Gasteiger partial charge in [0.25, 0.3) is 5.91 Å². The number of hydrogen-bond donors (Lipinski definition) is 6. The van der Waals surface area contributed by atoms with Crippen LogP contribution in [-0.2, 0) is 19.2 Å². The van der Waals surface area contributed by atoms with Gasteiger partial charge in [-0.15, -0.1) is 0 Å². The summed E-state index contributed by atoms with van der Waals surface area (Å²) >= 11 is 3.68. The second-order valence-corrected chi connectivity index (χ2v) is 4.43. The third-order valence-corrected chi connectivity index (χ3v) is 2.86. The summed E-state index contributed by atoms with van der Waals surface area (Å²) in [6.07, 6.45) is 1.31. The topological polar surface area (TPSA) is 170 Å². The van der Waals surface area contributed by atoms with E-state index >= 15 is 0 Å². The SMILES string of the molecule is N[C@@H](CO)C(=O)N[C@@H](CO)C(=O)N(C(=O)CS)[C@H]([C]=O)CO. The molecule has 0 aliphatic rings. The van der Waals surface area contributed by atoms with Crippen molar-refractivity contribution in [3.63, 3.8) is 0 Å². The Morgan fingerprint density at radius 2 is 1.77 bits per heavy atom. The number of aliphatic hydroxyl groups excluding tert-OH is 3. The normalized spacial score (nSPS) is 14.6. The average molecular weight is 336 g/mol. The van der Waals surface area contributed by atoms with Gasteiger partial charge in [0.15, 0.2) is 0 Å². The van der Waals surface area contributed by atoms with Gasteiger partial charge >= 0.3 is 0 Å². The predicted octanol–water partition coefficient (Wildman–Crippen LogP) is -4.46. The van der Waals surface area contributed by atoms with Crippen molar-refractivity contribution in [2.24, 2.45) is 5.73 Å². The van der Waals surface area contributed by atoms with Crippen molar-refractivity contribution in [2.45, 2.75) is 18.1 Å². The molecule has 0 aromatic carbocycles. The Balaban J connectivity index is 5.27. The number of rotatable bonds is 9. The van der Waals surface area contributed by atoms with Gasteiger partial charge in [0.2, 0.25) is 18.1 Å². The van der Waals surface area contributed by atoms with E-state index in [1.54, 1.807) is 0 Å². The first-order valence-electron chi connectivity index (χ1n) is 6.10. The van der Waals surface area contributed by atoms with Crippen LogP contribution in [0.25, 0.3) is 0 Å². The van der Waals surface area contributed by atoms with Gasteiger partial charge < -0.3 is 26.4 Å². The van der Waals surface area contributed by atoms with Crippen molar-refractivity contribution in [2.75, 3.05) is 25.6 Å².